The summed E-state index contributed by atoms with van der Waals surface area (Å²) in [4.78, 5) is 2.39. The van der Waals surface area contributed by atoms with E-state index < -0.39 is 0 Å². The Hall–Kier alpha value is -0.420. The highest BCUT2D eigenvalue weighted by molar-refractivity contribution is 9.10. The molecule has 1 unspecified atom stereocenters. The van der Waals surface area contributed by atoms with Crippen LogP contribution in [0.5, 0.6) is 0 Å². The molecule has 1 aliphatic carbocycles. The van der Waals surface area contributed by atoms with Crippen molar-refractivity contribution in [1.82, 2.24) is 10.2 Å². The number of aliphatic hydroxyl groups excluding tert-OH is 1. The van der Waals surface area contributed by atoms with Crippen LogP contribution in [0.25, 0.3) is 0 Å². The molecule has 3 nitrogen and oxygen atoms in total. The predicted octanol–water partition coefficient (Wildman–Crippen LogP) is 2.80. The Bertz CT molecular complexity index is 403. The maximum absolute atomic E-state index is 9.33. The highest BCUT2D eigenvalue weighted by Gasteiger charge is 2.27. The van der Waals surface area contributed by atoms with Crippen LogP contribution in [0.3, 0.4) is 0 Å². The van der Waals surface area contributed by atoms with Gasteiger partial charge in [-0.3, -0.25) is 0 Å². The molecule has 112 valence electrons. The fraction of sp³-hybridized carbons (Fsp3) is 0.625. The minimum absolute atomic E-state index is 0.0405. The van der Waals surface area contributed by atoms with Crippen molar-refractivity contribution >= 4 is 15.9 Å². The molecule has 0 bridgehead atoms. The normalized spacial score (nSPS) is 23.6. The van der Waals surface area contributed by atoms with Gasteiger partial charge >= 0.3 is 0 Å². The minimum atomic E-state index is -0.0405. The van der Waals surface area contributed by atoms with E-state index in [9.17, 15) is 5.11 Å². The average Bonchev–Trinajstić information content (AvgIpc) is 2.39. The van der Waals surface area contributed by atoms with Gasteiger partial charge in [-0.1, -0.05) is 28.1 Å². The highest BCUT2D eigenvalue weighted by atomic mass is 79.9. The van der Waals surface area contributed by atoms with E-state index in [1.165, 1.54) is 5.56 Å². The first-order valence-electron chi connectivity index (χ1n) is 7.38. The van der Waals surface area contributed by atoms with Gasteiger partial charge in [0.1, 0.15) is 0 Å². The molecular formula is C16H25BrN2O. The van der Waals surface area contributed by atoms with Gasteiger partial charge in [-0.2, -0.15) is 0 Å². The summed E-state index contributed by atoms with van der Waals surface area (Å²) in [6.45, 7) is 2.18. The molecule has 4 heteroatoms. The number of rotatable bonds is 7. The number of benzene rings is 1. The van der Waals surface area contributed by atoms with Crippen LogP contribution in [-0.4, -0.2) is 43.3 Å². The second-order valence-electron chi connectivity index (χ2n) is 5.93. The summed E-state index contributed by atoms with van der Waals surface area (Å²) in [7, 11) is 4.20. The van der Waals surface area contributed by atoms with E-state index in [0.29, 0.717) is 12.0 Å². The van der Waals surface area contributed by atoms with Crippen LogP contribution in [0.15, 0.2) is 28.7 Å². The molecule has 0 aromatic heterocycles. The zero-order valence-corrected chi connectivity index (χ0v) is 13.9. The van der Waals surface area contributed by atoms with Gasteiger partial charge in [-0.15, -0.1) is 0 Å². The SMILES string of the molecule is CNC(CCN(C)CC1CC(O)C1)c1ccc(Br)cc1. The third kappa shape index (κ3) is 4.55. The molecule has 1 aromatic rings. The van der Waals surface area contributed by atoms with E-state index in [1.54, 1.807) is 0 Å². The fourth-order valence-corrected chi connectivity index (χ4v) is 3.17. The molecule has 2 N–H and O–H groups in total. The molecule has 1 saturated carbocycles. The fourth-order valence-electron chi connectivity index (χ4n) is 2.90. The third-order valence-electron chi connectivity index (χ3n) is 4.20. The second-order valence-corrected chi connectivity index (χ2v) is 6.85. The Balaban J connectivity index is 1.76. The first kappa shape index (κ1) is 16.0. The quantitative estimate of drug-likeness (QED) is 0.801. The monoisotopic (exact) mass is 340 g/mol. The van der Waals surface area contributed by atoms with Gasteiger partial charge in [0.05, 0.1) is 6.10 Å². The van der Waals surface area contributed by atoms with Gasteiger partial charge in [-0.25, -0.2) is 0 Å². The van der Waals surface area contributed by atoms with Crippen LogP contribution in [-0.2, 0) is 0 Å². The van der Waals surface area contributed by atoms with Crippen molar-refractivity contribution in [2.75, 3.05) is 27.2 Å². The lowest BCUT2D eigenvalue weighted by molar-refractivity contribution is 0.0279. The molecule has 0 aliphatic heterocycles. The molecule has 1 fully saturated rings. The Morgan fingerprint density at radius 3 is 2.55 bits per heavy atom. The van der Waals surface area contributed by atoms with Crippen LogP contribution in [0.4, 0.5) is 0 Å². The molecule has 1 atom stereocenters. The van der Waals surface area contributed by atoms with E-state index in [1.807, 2.05) is 7.05 Å². The lowest BCUT2D eigenvalue weighted by Gasteiger charge is -2.34. The molecule has 0 radical (unpaired) electrons. The maximum atomic E-state index is 9.33. The summed E-state index contributed by atoms with van der Waals surface area (Å²) in [6.07, 6.45) is 3.02. The van der Waals surface area contributed by atoms with Crippen LogP contribution >= 0.6 is 15.9 Å². The molecule has 0 amide bonds. The van der Waals surface area contributed by atoms with Gasteiger partial charge in [0, 0.05) is 17.1 Å². The Morgan fingerprint density at radius 2 is 2.00 bits per heavy atom. The van der Waals surface area contributed by atoms with E-state index in [0.717, 1.165) is 36.8 Å². The standard InChI is InChI=1S/C16H25BrN2O/c1-18-16(13-3-5-14(17)6-4-13)7-8-19(2)11-12-9-15(20)10-12/h3-6,12,15-16,18,20H,7-11H2,1-2H3. The molecule has 0 heterocycles. The summed E-state index contributed by atoms with van der Waals surface area (Å²) in [5, 5.41) is 12.7. The largest absolute Gasteiger partial charge is 0.393 e. The van der Waals surface area contributed by atoms with Crippen LogP contribution < -0.4 is 5.32 Å². The molecule has 1 aliphatic rings. The first-order chi connectivity index (χ1) is 9.58. The van der Waals surface area contributed by atoms with Crippen LogP contribution in [0.1, 0.15) is 30.9 Å². The Morgan fingerprint density at radius 1 is 1.35 bits per heavy atom. The van der Waals surface area contributed by atoms with E-state index in [4.69, 9.17) is 0 Å². The summed E-state index contributed by atoms with van der Waals surface area (Å²) >= 11 is 3.48. The minimum Gasteiger partial charge on any atom is -0.393 e. The third-order valence-corrected chi connectivity index (χ3v) is 4.73. The van der Waals surface area contributed by atoms with Crippen molar-refractivity contribution in [1.29, 1.82) is 0 Å². The topological polar surface area (TPSA) is 35.5 Å². The number of hydrogen-bond donors (Lipinski definition) is 2. The van der Waals surface area contributed by atoms with E-state index in [-0.39, 0.29) is 6.10 Å². The smallest absolute Gasteiger partial charge is 0.0546 e. The molecule has 0 spiro atoms. The van der Waals surface area contributed by atoms with Gasteiger partial charge in [-0.05, 0) is 63.5 Å². The van der Waals surface area contributed by atoms with Gasteiger partial charge in [0.15, 0.2) is 0 Å². The number of nitrogens with zero attached hydrogens (tertiary/aromatic N) is 1. The zero-order valence-electron chi connectivity index (χ0n) is 12.3. The predicted molar refractivity (Wildman–Crippen MR) is 86.8 cm³/mol. The second kappa shape index (κ2) is 7.55. The van der Waals surface area contributed by atoms with E-state index in [2.05, 4.69) is 57.5 Å². The molecular weight excluding hydrogens is 316 g/mol. The molecule has 20 heavy (non-hydrogen) atoms. The maximum Gasteiger partial charge on any atom is 0.0546 e. The van der Waals surface area contributed by atoms with Crippen LogP contribution in [0, 0.1) is 5.92 Å². The number of nitrogens with one attached hydrogen (secondary N) is 1. The Kier molecular flexibility index (Phi) is 6.02. The zero-order chi connectivity index (χ0) is 14.5. The average molecular weight is 341 g/mol. The van der Waals surface area contributed by atoms with Gasteiger partial charge < -0.3 is 15.3 Å². The summed E-state index contributed by atoms with van der Waals surface area (Å²) < 4.78 is 1.12. The summed E-state index contributed by atoms with van der Waals surface area (Å²) in [5.41, 5.74) is 1.34. The summed E-state index contributed by atoms with van der Waals surface area (Å²) in [6, 6.07) is 8.94. The van der Waals surface area contributed by atoms with Gasteiger partial charge in [0.2, 0.25) is 0 Å². The number of aliphatic hydroxyl groups is 1. The van der Waals surface area contributed by atoms with Crippen molar-refractivity contribution in [3.05, 3.63) is 34.3 Å². The first-order valence-corrected chi connectivity index (χ1v) is 8.17. The highest BCUT2D eigenvalue weighted by Crippen LogP contribution is 2.28. The Labute approximate surface area is 130 Å². The summed E-state index contributed by atoms with van der Waals surface area (Å²) in [5.74, 6) is 0.690. The van der Waals surface area contributed by atoms with Crippen molar-refractivity contribution in [2.45, 2.75) is 31.4 Å². The lowest BCUT2D eigenvalue weighted by Crippen LogP contribution is -2.38. The van der Waals surface area contributed by atoms with E-state index >= 15 is 0 Å². The van der Waals surface area contributed by atoms with Crippen molar-refractivity contribution in [3.8, 4) is 0 Å². The lowest BCUT2D eigenvalue weighted by atomic mass is 9.82. The van der Waals surface area contributed by atoms with Crippen LogP contribution in [0.2, 0.25) is 0 Å². The van der Waals surface area contributed by atoms with Gasteiger partial charge in [0.25, 0.3) is 0 Å². The molecule has 2 rings (SSSR count). The van der Waals surface area contributed by atoms with Crippen molar-refractivity contribution < 1.29 is 5.11 Å². The van der Waals surface area contributed by atoms with Crippen molar-refractivity contribution in [2.24, 2.45) is 5.92 Å². The molecule has 0 saturated heterocycles. The molecule has 1 aromatic carbocycles. The van der Waals surface area contributed by atoms with Crippen molar-refractivity contribution in [3.63, 3.8) is 0 Å². The number of hydrogen-bond acceptors (Lipinski definition) is 3. The number of halogens is 1.